The number of nitro benzene ring substituents is 1. The molecule has 0 aliphatic rings. The van der Waals surface area contributed by atoms with Gasteiger partial charge < -0.3 is 11.1 Å². The molecule has 0 aliphatic heterocycles. The van der Waals surface area contributed by atoms with Crippen LogP contribution >= 0.6 is 11.3 Å². The molecule has 0 saturated carbocycles. The van der Waals surface area contributed by atoms with Crippen LogP contribution in [0.25, 0.3) is 10.2 Å². The quantitative estimate of drug-likeness (QED) is 0.651. The van der Waals surface area contributed by atoms with Crippen molar-refractivity contribution < 1.29 is 9.72 Å². The molecule has 2 aromatic rings. The van der Waals surface area contributed by atoms with E-state index in [0.717, 1.165) is 9.71 Å². The maximum atomic E-state index is 11.2. The number of anilines is 1. The molecule has 0 fully saturated rings. The zero-order valence-electron chi connectivity index (χ0n) is 12.0. The van der Waals surface area contributed by atoms with Crippen molar-refractivity contribution in [3.8, 4) is 0 Å². The Morgan fingerprint density at radius 2 is 2.19 bits per heavy atom. The first-order valence-corrected chi connectivity index (χ1v) is 7.12. The third-order valence-corrected chi connectivity index (χ3v) is 3.83. The number of primary amides is 1. The smallest absolute Gasteiger partial charge is 0.293 e. The molecule has 112 valence electrons. The summed E-state index contributed by atoms with van der Waals surface area (Å²) in [5.41, 5.74) is 5.51. The predicted molar refractivity (Wildman–Crippen MR) is 82.5 cm³/mol. The average Bonchev–Trinajstić information content (AvgIpc) is 2.64. The minimum atomic E-state index is -0.685. The summed E-state index contributed by atoms with van der Waals surface area (Å²) in [6.45, 7) is 5.37. The summed E-state index contributed by atoms with van der Waals surface area (Å²) in [4.78, 5) is 26.2. The third-order valence-electron chi connectivity index (χ3n) is 2.90. The number of hydrogen-bond donors (Lipinski definition) is 2. The van der Waals surface area contributed by atoms with Crippen LogP contribution in [0.2, 0.25) is 0 Å². The molecule has 1 heterocycles. The lowest BCUT2D eigenvalue weighted by Crippen LogP contribution is -2.36. The van der Waals surface area contributed by atoms with Gasteiger partial charge in [-0.2, -0.15) is 0 Å². The van der Waals surface area contributed by atoms with Gasteiger partial charge in [0.2, 0.25) is 5.91 Å². The lowest BCUT2D eigenvalue weighted by atomic mass is 9.99. The molecule has 1 aromatic carbocycles. The van der Waals surface area contributed by atoms with E-state index < -0.39 is 16.4 Å². The fourth-order valence-electron chi connectivity index (χ4n) is 2.17. The van der Waals surface area contributed by atoms with Crippen molar-refractivity contribution in [2.75, 3.05) is 5.32 Å². The molecule has 0 saturated heterocycles. The molecule has 2 rings (SSSR count). The Kier molecular flexibility index (Phi) is 3.82. The van der Waals surface area contributed by atoms with Gasteiger partial charge >= 0.3 is 0 Å². The molecule has 0 radical (unpaired) electrons. The van der Waals surface area contributed by atoms with E-state index in [9.17, 15) is 14.9 Å². The molecule has 0 unspecified atom stereocenters. The van der Waals surface area contributed by atoms with Crippen LogP contribution in [0.15, 0.2) is 12.1 Å². The minimum Gasteiger partial charge on any atom is -0.374 e. The Morgan fingerprint density at radius 3 is 2.76 bits per heavy atom. The summed E-state index contributed by atoms with van der Waals surface area (Å²) in [5, 5.41) is 15.1. The number of nitro groups is 1. The normalized spacial score (nSPS) is 11.6. The number of nitrogens with one attached hydrogen (secondary N) is 1. The van der Waals surface area contributed by atoms with Crippen molar-refractivity contribution in [1.29, 1.82) is 0 Å². The molecule has 1 amide bonds. The van der Waals surface area contributed by atoms with Crippen LogP contribution in [0, 0.1) is 17.0 Å². The number of thiazole rings is 1. The van der Waals surface area contributed by atoms with Crippen LogP contribution in [0.3, 0.4) is 0 Å². The number of aryl methyl sites for hydroxylation is 1. The van der Waals surface area contributed by atoms with Crippen molar-refractivity contribution in [3.63, 3.8) is 0 Å². The second-order valence-electron chi connectivity index (χ2n) is 5.48. The maximum Gasteiger partial charge on any atom is 0.293 e. The molecule has 8 heteroatoms. The Morgan fingerprint density at radius 1 is 1.52 bits per heavy atom. The summed E-state index contributed by atoms with van der Waals surface area (Å²) in [7, 11) is 0. The number of nitrogens with zero attached hydrogens (tertiary/aromatic N) is 2. The number of nitrogens with two attached hydrogens (primary N) is 1. The zero-order valence-corrected chi connectivity index (χ0v) is 12.8. The van der Waals surface area contributed by atoms with Gasteiger partial charge in [0.15, 0.2) is 0 Å². The minimum absolute atomic E-state index is 0.0382. The molecule has 0 spiro atoms. The number of carbonyl (C=O) groups is 1. The van der Waals surface area contributed by atoms with Crippen LogP contribution < -0.4 is 11.1 Å². The molecule has 3 N–H and O–H groups in total. The Labute approximate surface area is 125 Å². The van der Waals surface area contributed by atoms with Crippen molar-refractivity contribution in [2.24, 2.45) is 5.73 Å². The van der Waals surface area contributed by atoms with E-state index in [4.69, 9.17) is 5.73 Å². The SMILES string of the molecule is Cc1nc2cc(NC(C)(C)CC(N)=O)c([N+](=O)[O-])cc2s1. The van der Waals surface area contributed by atoms with Gasteiger partial charge in [-0.1, -0.05) is 0 Å². The number of carbonyl (C=O) groups excluding carboxylic acids is 1. The van der Waals surface area contributed by atoms with Gasteiger partial charge in [0.1, 0.15) is 5.69 Å². The summed E-state index contributed by atoms with van der Waals surface area (Å²) < 4.78 is 0.762. The van der Waals surface area contributed by atoms with E-state index in [1.165, 1.54) is 17.4 Å². The van der Waals surface area contributed by atoms with Crippen LogP contribution in [0.1, 0.15) is 25.3 Å². The van der Waals surface area contributed by atoms with Crippen LogP contribution in [0.5, 0.6) is 0 Å². The number of fused-ring (bicyclic) bond motifs is 1. The van der Waals surface area contributed by atoms with Crippen LogP contribution in [0.4, 0.5) is 11.4 Å². The Hall–Kier alpha value is -2.22. The van der Waals surface area contributed by atoms with Crippen molar-refractivity contribution >= 4 is 38.8 Å². The molecule has 1 aromatic heterocycles. The number of amides is 1. The fraction of sp³-hybridized carbons (Fsp3) is 0.385. The van der Waals surface area contributed by atoms with Crippen molar-refractivity contribution in [2.45, 2.75) is 32.7 Å². The largest absolute Gasteiger partial charge is 0.374 e. The van der Waals surface area contributed by atoms with Gasteiger partial charge in [-0.05, 0) is 26.8 Å². The van der Waals surface area contributed by atoms with Crippen LogP contribution in [-0.4, -0.2) is 21.4 Å². The fourth-order valence-corrected chi connectivity index (χ4v) is 3.02. The maximum absolute atomic E-state index is 11.2. The van der Waals surface area contributed by atoms with Gasteiger partial charge in [-0.25, -0.2) is 4.98 Å². The third kappa shape index (κ3) is 3.46. The lowest BCUT2D eigenvalue weighted by Gasteiger charge is -2.25. The Bertz CT molecular complexity index is 724. The van der Waals surface area contributed by atoms with Gasteiger partial charge in [0.05, 0.1) is 20.1 Å². The van der Waals surface area contributed by atoms with E-state index in [-0.39, 0.29) is 12.1 Å². The highest BCUT2D eigenvalue weighted by Crippen LogP contribution is 2.34. The molecule has 21 heavy (non-hydrogen) atoms. The molecular weight excluding hydrogens is 292 g/mol. The highest BCUT2D eigenvalue weighted by atomic mass is 32.1. The van der Waals surface area contributed by atoms with Crippen molar-refractivity contribution in [1.82, 2.24) is 4.98 Å². The highest BCUT2D eigenvalue weighted by Gasteiger charge is 2.25. The van der Waals surface area contributed by atoms with Crippen molar-refractivity contribution in [3.05, 3.63) is 27.3 Å². The first-order valence-electron chi connectivity index (χ1n) is 6.30. The number of hydrogen-bond acceptors (Lipinski definition) is 6. The van der Waals surface area contributed by atoms with Gasteiger partial charge in [-0.15, -0.1) is 11.3 Å². The number of benzene rings is 1. The molecule has 0 bridgehead atoms. The van der Waals surface area contributed by atoms with Crippen LogP contribution in [-0.2, 0) is 4.79 Å². The topological polar surface area (TPSA) is 111 Å². The summed E-state index contributed by atoms with van der Waals surface area (Å²) in [5.74, 6) is -0.472. The average molecular weight is 308 g/mol. The second kappa shape index (κ2) is 5.28. The standard InChI is InChI=1S/C13H16N4O3S/c1-7-15-9-4-8(16-13(2,3)6-12(14)18)10(17(19)20)5-11(9)21-7/h4-5,16H,6H2,1-3H3,(H2,14,18). The van der Waals surface area contributed by atoms with Gasteiger partial charge in [-0.3, -0.25) is 14.9 Å². The first-order chi connectivity index (χ1) is 9.68. The van der Waals surface area contributed by atoms with E-state index in [1.807, 2.05) is 6.92 Å². The summed E-state index contributed by atoms with van der Waals surface area (Å²) >= 11 is 1.40. The zero-order chi connectivity index (χ0) is 15.8. The van der Waals surface area contributed by atoms with Gasteiger partial charge in [0.25, 0.3) is 5.69 Å². The van der Waals surface area contributed by atoms with E-state index in [0.29, 0.717) is 11.2 Å². The van der Waals surface area contributed by atoms with E-state index in [2.05, 4.69) is 10.3 Å². The summed E-state index contributed by atoms with van der Waals surface area (Å²) in [6, 6.07) is 3.14. The molecular formula is C13H16N4O3S. The first kappa shape index (κ1) is 15.2. The lowest BCUT2D eigenvalue weighted by molar-refractivity contribution is -0.383. The van der Waals surface area contributed by atoms with Gasteiger partial charge in [0, 0.05) is 18.0 Å². The number of aromatic nitrogens is 1. The number of rotatable bonds is 5. The predicted octanol–water partition coefficient (Wildman–Crippen LogP) is 2.58. The van der Waals surface area contributed by atoms with E-state index >= 15 is 0 Å². The van der Waals surface area contributed by atoms with E-state index in [1.54, 1.807) is 19.9 Å². The molecule has 7 nitrogen and oxygen atoms in total. The monoisotopic (exact) mass is 308 g/mol. The Balaban J connectivity index is 2.48. The molecule has 0 atom stereocenters. The highest BCUT2D eigenvalue weighted by molar-refractivity contribution is 7.18. The second-order valence-corrected chi connectivity index (χ2v) is 6.71. The summed E-state index contributed by atoms with van der Waals surface area (Å²) in [6.07, 6.45) is 0.0677. The molecule has 0 aliphatic carbocycles.